The van der Waals surface area contributed by atoms with Gasteiger partial charge < -0.3 is 0 Å². The van der Waals surface area contributed by atoms with E-state index in [9.17, 15) is 5.11 Å². The lowest BCUT2D eigenvalue weighted by atomic mass is 9.92. The Kier molecular flexibility index (Phi) is 3.30. The van der Waals surface area contributed by atoms with E-state index in [4.69, 9.17) is 0 Å². The van der Waals surface area contributed by atoms with Crippen LogP contribution in [0.5, 0.6) is 0 Å². The van der Waals surface area contributed by atoms with Gasteiger partial charge >= 0.3 is 0 Å². The third-order valence-electron chi connectivity index (χ3n) is 2.23. The molecular weight excluding hydrogens is 148 g/mol. The summed E-state index contributed by atoms with van der Waals surface area (Å²) in [4.78, 5) is 0. The maximum Gasteiger partial charge on any atom is 0.0970 e. The van der Waals surface area contributed by atoms with Crippen LogP contribution in [0, 0.1) is 0 Å². The third-order valence-corrected chi connectivity index (χ3v) is 2.23. The number of hydrogen-bond donors (Lipinski definition) is 0. The summed E-state index contributed by atoms with van der Waals surface area (Å²) in [5.41, 5.74) is 1.17. The predicted molar refractivity (Wildman–Crippen MR) is 49.6 cm³/mol. The first-order valence-corrected chi connectivity index (χ1v) is 4.46. The van der Waals surface area contributed by atoms with Crippen LogP contribution >= 0.6 is 0 Å². The van der Waals surface area contributed by atoms with Crippen LogP contribution in [0.2, 0.25) is 0 Å². The van der Waals surface area contributed by atoms with Crippen molar-refractivity contribution in [1.82, 2.24) is 0 Å². The van der Waals surface area contributed by atoms with E-state index in [1.807, 2.05) is 30.3 Å². The Balaban J connectivity index is 2.80. The summed E-state index contributed by atoms with van der Waals surface area (Å²) in [6, 6.07) is 10.0. The number of rotatable bonds is 3. The molecule has 0 fully saturated rings. The second-order valence-electron chi connectivity index (χ2n) is 3.13. The van der Waals surface area contributed by atoms with Crippen LogP contribution in [0.25, 0.3) is 0 Å². The fourth-order valence-electron chi connectivity index (χ4n) is 1.54. The van der Waals surface area contributed by atoms with Crippen LogP contribution in [0.1, 0.15) is 31.7 Å². The molecular formula is C11H15O. The molecule has 2 atom stereocenters. The van der Waals surface area contributed by atoms with Crippen molar-refractivity contribution in [2.45, 2.75) is 32.3 Å². The van der Waals surface area contributed by atoms with Crippen molar-refractivity contribution >= 4 is 0 Å². The summed E-state index contributed by atoms with van der Waals surface area (Å²) in [6.45, 7) is 3.80. The average molecular weight is 163 g/mol. The van der Waals surface area contributed by atoms with Crippen molar-refractivity contribution in [3.63, 3.8) is 0 Å². The van der Waals surface area contributed by atoms with Crippen molar-refractivity contribution in [3.05, 3.63) is 35.9 Å². The summed E-state index contributed by atoms with van der Waals surface area (Å²) in [5, 5.41) is 11.3. The van der Waals surface area contributed by atoms with Crippen molar-refractivity contribution in [2.75, 3.05) is 0 Å². The van der Waals surface area contributed by atoms with Gasteiger partial charge in [-0.1, -0.05) is 37.3 Å². The molecule has 1 aromatic rings. The van der Waals surface area contributed by atoms with Crippen molar-refractivity contribution in [3.8, 4) is 0 Å². The molecule has 0 aliphatic rings. The van der Waals surface area contributed by atoms with Crippen LogP contribution in [0.3, 0.4) is 0 Å². The maximum absolute atomic E-state index is 11.3. The molecule has 1 heteroatoms. The zero-order chi connectivity index (χ0) is 8.97. The topological polar surface area (TPSA) is 19.9 Å². The summed E-state index contributed by atoms with van der Waals surface area (Å²) < 4.78 is 0. The average Bonchev–Trinajstić information content (AvgIpc) is 2.07. The van der Waals surface area contributed by atoms with E-state index < -0.39 is 6.10 Å². The molecule has 0 aliphatic heterocycles. The van der Waals surface area contributed by atoms with Crippen LogP contribution in [0.15, 0.2) is 30.3 Å². The zero-order valence-corrected chi connectivity index (χ0v) is 7.66. The van der Waals surface area contributed by atoms with Gasteiger partial charge in [-0.05, 0) is 18.9 Å². The van der Waals surface area contributed by atoms with Gasteiger partial charge in [0, 0.05) is 5.92 Å². The van der Waals surface area contributed by atoms with Gasteiger partial charge in [-0.2, -0.15) is 0 Å². The number of benzene rings is 1. The highest BCUT2D eigenvalue weighted by Gasteiger charge is 2.15. The van der Waals surface area contributed by atoms with Gasteiger partial charge in [-0.3, -0.25) is 0 Å². The van der Waals surface area contributed by atoms with Crippen LogP contribution < -0.4 is 0 Å². The minimum absolute atomic E-state index is 0.172. The van der Waals surface area contributed by atoms with Crippen molar-refractivity contribution < 1.29 is 5.11 Å². The minimum Gasteiger partial charge on any atom is -0.233 e. The highest BCUT2D eigenvalue weighted by Crippen LogP contribution is 2.22. The first-order chi connectivity index (χ1) is 5.75. The zero-order valence-electron chi connectivity index (χ0n) is 7.66. The first kappa shape index (κ1) is 9.27. The van der Waals surface area contributed by atoms with Gasteiger partial charge in [0.25, 0.3) is 0 Å². The monoisotopic (exact) mass is 163 g/mol. The van der Waals surface area contributed by atoms with E-state index in [2.05, 4.69) is 6.92 Å². The molecule has 0 heterocycles. The van der Waals surface area contributed by atoms with Gasteiger partial charge in [-0.15, -0.1) is 0 Å². The van der Waals surface area contributed by atoms with E-state index in [0.29, 0.717) is 0 Å². The lowest BCUT2D eigenvalue weighted by Gasteiger charge is -2.16. The minimum atomic E-state index is -0.502. The SMILES string of the molecule is CCC(c1ccccc1)C(C)[O]. The van der Waals surface area contributed by atoms with Gasteiger partial charge in [0.2, 0.25) is 0 Å². The summed E-state index contributed by atoms with van der Waals surface area (Å²) in [7, 11) is 0. The largest absolute Gasteiger partial charge is 0.233 e. The van der Waals surface area contributed by atoms with Gasteiger partial charge in [0.15, 0.2) is 0 Å². The van der Waals surface area contributed by atoms with Crippen molar-refractivity contribution in [2.24, 2.45) is 0 Å². The second kappa shape index (κ2) is 4.27. The lowest BCUT2D eigenvalue weighted by molar-refractivity contribution is 0.0787. The van der Waals surface area contributed by atoms with E-state index >= 15 is 0 Å². The fourth-order valence-corrected chi connectivity index (χ4v) is 1.54. The van der Waals surface area contributed by atoms with Gasteiger partial charge in [0.05, 0.1) is 6.10 Å². The Labute approximate surface area is 74.1 Å². The highest BCUT2D eigenvalue weighted by atomic mass is 16.3. The summed E-state index contributed by atoms with van der Waals surface area (Å²) in [5.74, 6) is 0.172. The normalized spacial score (nSPS) is 15.6. The van der Waals surface area contributed by atoms with E-state index in [1.165, 1.54) is 5.56 Å². The molecule has 0 spiro atoms. The number of hydrogen-bond acceptors (Lipinski definition) is 0. The molecule has 12 heavy (non-hydrogen) atoms. The molecule has 65 valence electrons. The highest BCUT2D eigenvalue weighted by molar-refractivity contribution is 5.20. The Morgan fingerprint density at radius 3 is 2.25 bits per heavy atom. The molecule has 0 aromatic heterocycles. The third kappa shape index (κ3) is 2.08. The molecule has 0 N–H and O–H groups in total. The summed E-state index contributed by atoms with van der Waals surface area (Å²) >= 11 is 0. The Hall–Kier alpha value is -0.820. The lowest BCUT2D eigenvalue weighted by Crippen LogP contribution is -2.11. The molecule has 2 unspecified atom stereocenters. The van der Waals surface area contributed by atoms with Gasteiger partial charge in [0.1, 0.15) is 0 Å². The molecule has 0 aliphatic carbocycles. The Morgan fingerprint density at radius 1 is 1.25 bits per heavy atom. The fraction of sp³-hybridized carbons (Fsp3) is 0.455. The molecule has 0 saturated heterocycles. The molecule has 0 amide bonds. The smallest absolute Gasteiger partial charge is 0.0970 e. The molecule has 1 radical (unpaired) electrons. The predicted octanol–water partition coefficient (Wildman–Crippen LogP) is 3.00. The van der Waals surface area contributed by atoms with Crippen LogP contribution in [0.4, 0.5) is 0 Å². The Morgan fingerprint density at radius 2 is 1.83 bits per heavy atom. The quantitative estimate of drug-likeness (QED) is 0.652. The first-order valence-electron chi connectivity index (χ1n) is 4.46. The van der Waals surface area contributed by atoms with Gasteiger partial charge in [-0.25, -0.2) is 5.11 Å². The van der Waals surface area contributed by atoms with Crippen molar-refractivity contribution in [1.29, 1.82) is 0 Å². The van der Waals surface area contributed by atoms with E-state index in [-0.39, 0.29) is 5.92 Å². The maximum atomic E-state index is 11.3. The summed E-state index contributed by atoms with van der Waals surface area (Å²) in [6.07, 6.45) is 0.423. The van der Waals surface area contributed by atoms with E-state index in [0.717, 1.165) is 6.42 Å². The molecule has 1 aromatic carbocycles. The standard InChI is InChI=1S/C11H15O/c1-3-11(9(2)12)10-7-5-4-6-8-10/h4-9,11H,3H2,1-2H3. The molecule has 0 saturated carbocycles. The Bertz CT molecular complexity index is 216. The molecule has 1 rings (SSSR count). The van der Waals surface area contributed by atoms with Crippen LogP contribution in [-0.4, -0.2) is 6.10 Å². The second-order valence-corrected chi connectivity index (χ2v) is 3.13. The molecule has 1 nitrogen and oxygen atoms in total. The van der Waals surface area contributed by atoms with Crippen LogP contribution in [-0.2, 0) is 5.11 Å². The van der Waals surface area contributed by atoms with E-state index in [1.54, 1.807) is 6.92 Å². The molecule has 0 bridgehead atoms.